The number of hydrogen-bond donors (Lipinski definition) is 3. The Morgan fingerprint density at radius 1 is 1.58 bits per heavy atom. The molecular formula is C13H20N4O2. The highest BCUT2D eigenvalue weighted by molar-refractivity contribution is 6.02. The van der Waals surface area contributed by atoms with Crippen LogP contribution in [0.4, 0.5) is 5.82 Å². The lowest BCUT2D eigenvalue weighted by molar-refractivity contribution is 0.0464. The van der Waals surface area contributed by atoms with Gasteiger partial charge in [-0.1, -0.05) is 5.16 Å². The third-order valence-corrected chi connectivity index (χ3v) is 3.61. The summed E-state index contributed by atoms with van der Waals surface area (Å²) in [5, 5.41) is 21.3. The first-order chi connectivity index (χ1) is 9.02. The Bertz CT molecular complexity index is 484. The van der Waals surface area contributed by atoms with Crippen molar-refractivity contribution in [3.63, 3.8) is 0 Å². The SMILES string of the molecule is Cc1ccnc(N(C)CC2CC(O)C2)c1/C(N)=N/O. The van der Waals surface area contributed by atoms with Gasteiger partial charge >= 0.3 is 0 Å². The van der Waals surface area contributed by atoms with E-state index in [0.717, 1.165) is 24.9 Å². The van der Waals surface area contributed by atoms with Crippen LogP contribution in [-0.4, -0.2) is 40.8 Å². The van der Waals surface area contributed by atoms with Gasteiger partial charge in [0.25, 0.3) is 0 Å². The van der Waals surface area contributed by atoms with Gasteiger partial charge in [0.05, 0.1) is 11.7 Å². The molecule has 6 nitrogen and oxygen atoms in total. The monoisotopic (exact) mass is 264 g/mol. The lowest BCUT2D eigenvalue weighted by Gasteiger charge is -2.35. The lowest BCUT2D eigenvalue weighted by Crippen LogP contribution is -2.38. The summed E-state index contributed by atoms with van der Waals surface area (Å²) in [5.74, 6) is 1.25. The van der Waals surface area contributed by atoms with Gasteiger partial charge in [-0.2, -0.15) is 0 Å². The predicted molar refractivity (Wildman–Crippen MR) is 73.5 cm³/mol. The molecule has 4 N–H and O–H groups in total. The molecule has 0 radical (unpaired) electrons. The van der Waals surface area contributed by atoms with Crippen LogP contribution in [0, 0.1) is 12.8 Å². The van der Waals surface area contributed by atoms with Crippen LogP contribution in [-0.2, 0) is 0 Å². The fraction of sp³-hybridized carbons (Fsp3) is 0.538. The normalized spacial score (nSPS) is 23.0. The third-order valence-electron chi connectivity index (χ3n) is 3.61. The van der Waals surface area contributed by atoms with Crippen molar-refractivity contribution in [1.82, 2.24) is 4.98 Å². The van der Waals surface area contributed by atoms with Gasteiger partial charge in [-0.05, 0) is 37.3 Å². The van der Waals surface area contributed by atoms with Gasteiger partial charge in [0.1, 0.15) is 5.82 Å². The molecule has 0 aromatic carbocycles. The van der Waals surface area contributed by atoms with Gasteiger partial charge < -0.3 is 20.9 Å². The van der Waals surface area contributed by atoms with Crippen molar-refractivity contribution in [2.75, 3.05) is 18.5 Å². The fourth-order valence-electron chi connectivity index (χ4n) is 2.52. The van der Waals surface area contributed by atoms with Gasteiger partial charge in [0.2, 0.25) is 0 Å². The van der Waals surface area contributed by atoms with E-state index in [-0.39, 0.29) is 11.9 Å². The highest BCUT2D eigenvalue weighted by atomic mass is 16.4. The second-order valence-corrected chi connectivity index (χ2v) is 5.18. The van der Waals surface area contributed by atoms with Crippen molar-refractivity contribution in [1.29, 1.82) is 0 Å². The van der Waals surface area contributed by atoms with E-state index in [4.69, 9.17) is 10.9 Å². The van der Waals surface area contributed by atoms with Gasteiger partial charge in [-0.3, -0.25) is 0 Å². The summed E-state index contributed by atoms with van der Waals surface area (Å²) in [6.45, 7) is 2.71. The van der Waals surface area contributed by atoms with Crippen LogP contribution < -0.4 is 10.6 Å². The zero-order valence-corrected chi connectivity index (χ0v) is 11.2. The molecule has 1 heterocycles. The third kappa shape index (κ3) is 2.78. The summed E-state index contributed by atoms with van der Waals surface area (Å²) in [4.78, 5) is 6.33. The van der Waals surface area contributed by atoms with Gasteiger partial charge in [-0.15, -0.1) is 0 Å². The zero-order valence-electron chi connectivity index (χ0n) is 11.2. The molecule has 1 aliphatic rings. The number of aromatic nitrogens is 1. The maximum atomic E-state index is 9.32. The Morgan fingerprint density at radius 2 is 2.26 bits per heavy atom. The number of nitrogens with zero attached hydrogens (tertiary/aromatic N) is 3. The number of aliphatic hydroxyl groups excluding tert-OH is 1. The quantitative estimate of drug-likeness (QED) is 0.322. The molecule has 1 aromatic rings. The number of amidine groups is 1. The van der Waals surface area contributed by atoms with Crippen LogP contribution in [0.3, 0.4) is 0 Å². The Hall–Kier alpha value is -1.82. The fourth-order valence-corrected chi connectivity index (χ4v) is 2.52. The van der Waals surface area contributed by atoms with Gasteiger partial charge in [0.15, 0.2) is 5.84 Å². The first-order valence-electron chi connectivity index (χ1n) is 6.35. The number of rotatable bonds is 4. The molecule has 0 aliphatic heterocycles. The minimum absolute atomic E-state index is 0.0705. The molecule has 0 spiro atoms. The summed E-state index contributed by atoms with van der Waals surface area (Å²) in [6, 6.07) is 1.83. The number of aryl methyl sites for hydroxylation is 1. The summed E-state index contributed by atoms with van der Waals surface area (Å²) < 4.78 is 0. The Kier molecular flexibility index (Phi) is 3.90. The van der Waals surface area contributed by atoms with E-state index in [9.17, 15) is 5.11 Å². The van der Waals surface area contributed by atoms with E-state index >= 15 is 0 Å². The predicted octanol–water partition coefficient (Wildman–Crippen LogP) is 0.692. The van der Waals surface area contributed by atoms with Crippen molar-refractivity contribution < 1.29 is 10.3 Å². The van der Waals surface area contributed by atoms with Crippen LogP contribution in [0.15, 0.2) is 17.4 Å². The Labute approximate surface area is 112 Å². The maximum Gasteiger partial charge on any atom is 0.174 e. The molecule has 0 saturated heterocycles. The average molecular weight is 264 g/mol. The molecule has 1 aromatic heterocycles. The van der Waals surface area contributed by atoms with Crippen LogP contribution in [0.5, 0.6) is 0 Å². The second-order valence-electron chi connectivity index (χ2n) is 5.18. The van der Waals surface area contributed by atoms with E-state index in [1.807, 2.05) is 24.9 Å². The average Bonchev–Trinajstić information content (AvgIpc) is 2.35. The molecule has 0 atom stereocenters. The highest BCUT2D eigenvalue weighted by Crippen LogP contribution is 2.29. The van der Waals surface area contributed by atoms with E-state index in [1.165, 1.54) is 0 Å². The van der Waals surface area contributed by atoms with Crippen molar-refractivity contribution in [2.45, 2.75) is 25.9 Å². The van der Waals surface area contributed by atoms with E-state index < -0.39 is 0 Å². The molecule has 6 heteroatoms. The van der Waals surface area contributed by atoms with E-state index in [2.05, 4.69) is 10.1 Å². The molecular weight excluding hydrogens is 244 g/mol. The molecule has 1 fully saturated rings. The standard InChI is InChI=1S/C13H20N4O2/c1-8-3-4-15-13(11(8)12(14)16-19)17(2)7-9-5-10(18)6-9/h3-4,9-10,18-19H,5-7H2,1-2H3,(H2,14,16). The molecule has 0 bridgehead atoms. The molecule has 104 valence electrons. The zero-order chi connectivity index (χ0) is 14.0. The second kappa shape index (κ2) is 5.44. The smallest absolute Gasteiger partial charge is 0.174 e. The summed E-state index contributed by atoms with van der Waals surface area (Å²) in [7, 11) is 1.93. The number of pyridine rings is 1. The highest BCUT2D eigenvalue weighted by Gasteiger charge is 2.29. The number of anilines is 1. The van der Waals surface area contributed by atoms with Crippen molar-refractivity contribution in [3.05, 3.63) is 23.4 Å². The molecule has 1 saturated carbocycles. The number of hydrogen-bond acceptors (Lipinski definition) is 5. The minimum Gasteiger partial charge on any atom is -0.409 e. The molecule has 2 rings (SSSR count). The van der Waals surface area contributed by atoms with E-state index in [1.54, 1.807) is 6.20 Å². The van der Waals surface area contributed by atoms with E-state index in [0.29, 0.717) is 17.3 Å². The maximum absolute atomic E-state index is 9.32. The Morgan fingerprint density at radius 3 is 2.84 bits per heavy atom. The topological polar surface area (TPSA) is 95.0 Å². The molecule has 0 unspecified atom stereocenters. The summed E-state index contributed by atoms with van der Waals surface area (Å²) in [6.07, 6.45) is 3.21. The van der Waals surface area contributed by atoms with Crippen LogP contribution in [0.2, 0.25) is 0 Å². The molecule has 1 aliphatic carbocycles. The van der Waals surface area contributed by atoms with Crippen LogP contribution in [0.1, 0.15) is 24.0 Å². The molecule has 0 amide bonds. The first-order valence-corrected chi connectivity index (χ1v) is 6.35. The van der Waals surface area contributed by atoms with Gasteiger partial charge in [-0.25, -0.2) is 4.98 Å². The largest absolute Gasteiger partial charge is 0.409 e. The lowest BCUT2D eigenvalue weighted by atomic mass is 9.82. The van der Waals surface area contributed by atoms with Crippen molar-refractivity contribution >= 4 is 11.7 Å². The summed E-state index contributed by atoms with van der Waals surface area (Å²) >= 11 is 0. The number of aliphatic hydroxyl groups is 1. The van der Waals surface area contributed by atoms with Crippen LogP contribution >= 0.6 is 0 Å². The first kappa shape index (κ1) is 13.6. The minimum atomic E-state index is -0.160. The summed E-state index contributed by atoms with van der Waals surface area (Å²) in [5.41, 5.74) is 7.30. The van der Waals surface area contributed by atoms with Crippen LogP contribution in [0.25, 0.3) is 0 Å². The van der Waals surface area contributed by atoms with Crippen molar-refractivity contribution in [3.8, 4) is 0 Å². The van der Waals surface area contributed by atoms with Gasteiger partial charge in [0, 0.05) is 19.8 Å². The molecule has 19 heavy (non-hydrogen) atoms. The van der Waals surface area contributed by atoms with Crippen molar-refractivity contribution in [2.24, 2.45) is 16.8 Å². The number of oxime groups is 1. The Balaban J connectivity index is 2.21. The number of nitrogens with two attached hydrogens (primary N) is 1.